The zero-order valence-corrected chi connectivity index (χ0v) is 10.7. The number of rotatable bonds is 5. The van der Waals surface area contributed by atoms with Gasteiger partial charge in [0, 0.05) is 24.8 Å². The molecule has 0 fully saturated rings. The number of hydrogen-bond acceptors (Lipinski definition) is 5. The molecule has 0 amide bonds. The molecular weight excluding hydrogens is 244 g/mol. The number of halogens is 1. The van der Waals surface area contributed by atoms with Gasteiger partial charge in [0.2, 0.25) is 5.82 Å². The molecule has 0 saturated carbocycles. The highest BCUT2D eigenvalue weighted by Crippen LogP contribution is 2.24. The molecule has 0 aliphatic rings. The molecule has 94 valence electrons. The second-order valence-electron chi connectivity index (χ2n) is 3.97. The Bertz CT molecular complexity index is 411. The summed E-state index contributed by atoms with van der Waals surface area (Å²) < 4.78 is 0. The normalized spacial score (nSPS) is 12.5. The Hall–Kier alpha value is -1.40. The molecule has 1 N–H and O–H groups in total. The molecule has 1 heterocycles. The number of anilines is 1. The van der Waals surface area contributed by atoms with Crippen LogP contribution in [0, 0.1) is 10.1 Å². The van der Waals surface area contributed by atoms with Crippen LogP contribution in [0.15, 0.2) is 12.3 Å². The van der Waals surface area contributed by atoms with Crippen LogP contribution in [0.2, 0.25) is 5.02 Å². The van der Waals surface area contributed by atoms with E-state index in [4.69, 9.17) is 11.6 Å². The van der Waals surface area contributed by atoms with Crippen LogP contribution in [0.5, 0.6) is 0 Å². The molecule has 1 rings (SSSR count). The monoisotopic (exact) mass is 258 g/mol. The summed E-state index contributed by atoms with van der Waals surface area (Å²) in [5.41, 5.74) is -0.108. The van der Waals surface area contributed by atoms with Crippen molar-refractivity contribution < 1.29 is 4.92 Å². The Balaban J connectivity index is 2.80. The van der Waals surface area contributed by atoms with Crippen molar-refractivity contribution in [1.29, 1.82) is 0 Å². The van der Waals surface area contributed by atoms with Crippen molar-refractivity contribution in [1.82, 2.24) is 9.88 Å². The van der Waals surface area contributed by atoms with Crippen LogP contribution in [0.25, 0.3) is 0 Å². The number of aromatic nitrogens is 1. The minimum Gasteiger partial charge on any atom is -0.363 e. The van der Waals surface area contributed by atoms with E-state index >= 15 is 0 Å². The third-order valence-electron chi connectivity index (χ3n) is 2.48. The average molecular weight is 259 g/mol. The lowest BCUT2D eigenvalue weighted by Gasteiger charge is -2.20. The van der Waals surface area contributed by atoms with Gasteiger partial charge in [0.1, 0.15) is 0 Å². The Morgan fingerprint density at radius 3 is 2.82 bits per heavy atom. The maximum Gasteiger partial charge on any atom is 0.312 e. The molecule has 0 radical (unpaired) electrons. The van der Waals surface area contributed by atoms with E-state index in [0.717, 1.165) is 0 Å². The Labute approximate surface area is 105 Å². The highest BCUT2D eigenvalue weighted by Gasteiger charge is 2.16. The van der Waals surface area contributed by atoms with Gasteiger partial charge in [-0.05, 0) is 21.0 Å². The number of nitro groups is 1. The molecule has 0 aliphatic heterocycles. The van der Waals surface area contributed by atoms with Crippen molar-refractivity contribution in [3.63, 3.8) is 0 Å². The predicted octanol–water partition coefficient (Wildman–Crippen LogP) is 2.01. The van der Waals surface area contributed by atoms with Crippen LogP contribution in [0.4, 0.5) is 11.5 Å². The number of nitrogens with zero attached hydrogens (tertiary/aromatic N) is 3. The molecule has 1 aromatic heterocycles. The van der Waals surface area contributed by atoms with E-state index in [1.54, 1.807) is 0 Å². The van der Waals surface area contributed by atoms with Crippen LogP contribution >= 0.6 is 11.6 Å². The maximum absolute atomic E-state index is 10.8. The summed E-state index contributed by atoms with van der Waals surface area (Å²) >= 11 is 5.67. The second-order valence-corrected chi connectivity index (χ2v) is 4.41. The van der Waals surface area contributed by atoms with E-state index in [2.05, 4.69) is 10.3 Å². The largest absolute Gasteiger partial charge is 0.363 e. The van der Waals surface area contributed by atoms with Crippen molar-refractivity contribution in [3.8, 4) is 0 Å². The summed E-state index contributed by atoms with van der Waals surface area (Å²) in [4.78, 5) is 16.2. The van der Waals surface area contributed by atoms with Crippen LogP contribution in [0.1, 0.15) is 6.92 Å². The molecule has 0 spiro atoms. The summed E-state index contributed by atoms with van der Waals surface area (Å²) in [5.74, 6) is 0.244. The number of pyridine rings is 1. The van der Waals surface area contributed by atoms with Gasteiger partial charge in [-0.25, -0.2) is 4.98 Å². The Morgan fingerprint density at radius 1 is 1.65 bits per heavy atom. The average Bonchev–Trinajstić information content (AvgIpc) is 2.26. The minimum absolute atomic E-state index is 0.108. The van der Waals surface area contributed by atoms with Gasteiger partial charge < -0.3 is 10.2 Å². The Morgan fingerprint density at radius 2 is 2.29 bits per heavy atom. The van der Waals surface area contributed by atoms with Gasteiger partial charge in [0.25, 0.3) is 0 Å². The second kappa shape index (κ2) is 5.79. The van der Waals surface area contributed by atoms with Gasteiger partial charge in [-0.3, -0.25) is 10.1 Å². The summed E-state index contributed by atoms with van der Waals surface area (Å²) in [7, 11) is 3.88. The molecule has 7 heteroatoms. The predicted molar refractivity (Wildman–Crippen MR) is 67.5 cm³/mol. The molecule has 1 unspecified atom stereocenters. The standard InChI is InChI=1S/C10H15ClN4O2/c1-7(14(2)3)5-12-10-9(15(16)17)4-8(11)6-13-10/h4,6-7H,5H2,1-3H3,(H,12,13). The van der Waals surface area contributed by atoms with Gasteiger partial charge >= 0.3 is 5.69 Å². The summed E-state index contributed by atoms with van der Waals surface area (Å²) in [6, 6.07) is 1.53. The highest BCUT2D eigenvalue weighted by molar-refractivity contribution is 6.30. The fourth-order valence-electron chi connectivity index (χ4n) is 1.13. The van der Waals surface area contributed by atoms with Crippen LogP contribution in [-0.2, 0) is 0 Å². The lowest BCUT2D eigenvalue weighted by molar-refractivity contribution is -0.384. The molecule has 0 aromatic carbocycles. The van der Waals surface area contributed by atoms with Crippen LogP contribution < -0.4 is 5.32 Å². The summed E-state index contributed by atoms with van der Waals surface area (Å²) in [5, 5.41) is 14.0. The maximum atomic E-state index is 10.8. The van der Waals surface area contributed by atoms with Gasteiger partial charge in [-0.15, -0.1) is 0 Å². The summed E-state index contributed by atoms with van der Waals surface area (Å²) in [6.45, 7) is 2.58. The molecule has 0 aliphatic carbocycles. The van der Waals surface area contributed by atoms with Gasteiger partial charge in [-0.2, -0.15) is 0 Å². The van der Waals surface area contributed by atoms with E-state index < -0.39 is 4.92 Å². The molecule has 1 atom stereocenters. The van der Waals surface area contributed by atoms with Crippen LogP contribution in [-0.4, -0.2) is 41.5 Å². The lowest BCUT2D eigenvalue weighted by Crippen LogP contribution is -2.31. The van der Waals surface area contributed by atoms with E-state index in [-0.39, 0.29) is 22.6 Å². The molecule has 0 saturated heterocycles. The third-order valence-corrected chi connectivity index (χ3v) is 2.68. The number of likely N-dealkylation sites (N-methyl/N-ethyl adjacent to an activating group) is 1. The fraction of sp³-hybridized carbons (Fsp3) is 0.500. The summed E-state index contributed by atoms with van der Waals surface area (Å²) in [6.07, 6.45) is 1.39. The SMILES string of the molecule is CC(CNc1ncc(Cl)cc1[N+](=O)[O-])N(C)C. The van der Waals surface area contributed by atoms with Crippen LogP contribution in [0.3, 0.4) is 0 Å². The van der Waals surface area contributed by atoms with E-state index in [1.807, 2.05) is 25.9 Å². The molecule has 6 nitrogen and oxygen atoms in total. The lowest BCUT2D eigenvalue weighted by atomic mass is 10.3. The van der Waals surface area contributed by atoms with Crippen molar-refractivity contribution in [3.05, 3.63) is 27.4 Å². The van der Waals surface area contributed by atoms with Crippen molar-refractivity contribution in [2.45, 2.75) is 13.0 Å². The topological polar surface area (TPSA) is 71.3 Å². The first-order valence-electron chi connectivity index (χ1n) is 5.12. The molecule has 1 aromatic rings. The quantitative estimate of drug-likeness (QED) is 0.646. The van der Waals surface area contributed by atoms with Crippen molar-refractivity contribution in [2.75, 3.05) is 26.0 Å². The molecule has 17 heavy (non-hydrogen) atoms. The van der Waals surface area contributed by atoms with E-state index in [1.165, 1.54) is 12.3 Å². The van der Waals surface area contributed by atoms with Gasteiger partial charge in [0.15, 0.2) is 0 Å². The number of nitrogens with one attached hydrogen (secondary N) is 1. The number of hydrogen-bond donors (Lipinski definition) is 1. The highest BCUT2D eigenvalue weighted by atomic mass is 35.5. The van der Waals surface area contributed by atoms with Gasteiger partial charge in [0.05, 0.1) is 9.95 Å². The van der Waals surface area contributed by atoms with E-state index in [0.29, 0.717) is 6.54 Å². The van der Waals surface area contributed by atoms with E-state index in [9.17, 15) is 10.1 Å². The zero-order valence-electron chi connectivity index (χ0n) is 9.98. The third kappa shape index (κ3) is 3.83. The first kappa shape index (κ1) is 13.7. The van der Waals surface area contributed by atoms with Crippen molar-refractivity contribution in [2.24, 2.45) is 0 Å². The molecule has 0 bridgehead atoms. The zero-order chi connectivity index (χ0) is 13.0. The molecular formula is C10H15ClN4O2. The minimum atomic E-state index is -0.498. The van der Waals surface area contributed by atoms with Gasteiger partial charge in [-0.1, -0.05) is 11.6 Å². The smallest absolute Gasteiger partial charge is 0.312 e. The first-order chi connectivity index (χ1) is 7.91. The van der Waals surface area contributed by atoms with Crippen molar-refractivity contribution >= 4 is 23.1 Å². The first-order valence-corrected chi connectivity index (χ1v) is 5.50. The Kier molecular flexibility index (Phi) is 4.65. The fourth-order valence-corrected chi connectivity index (χ4v) is 1.28.